The number of rotatable bonds is 5. The van der Waals surface area contributed by atoms with Gasteiger partial charge < -0.3 is 9.47 Å². The molecule has 0 heterocycles. The number of halogens is 1. The molecule has 2 aromatic rings. The molecule has 0 aliphatic rings. The molecule has 0 N–H and O–H groups in total. The van der Waals surface area contributed by atoms with Crippen molar-refractivity contribution in [1.29, 1.82) is 0 Å². The highest BCUT2D eigenvalue weighted by Crippen LogP contribution is 2.26. The van der Waals surface area contributed by atoms with E-state index in [9.17, 15) is 9.59 Å². The monoisotopic (exact) mass is 348 g/mol. The zero-order valence-corrected chi connectivity index (χ0v) is 12.9. The Balaban J connectivity index is 2.12. The van der Waals surface area contributed by atoms with Gasteiger partial charge in [0.15, 0.2) is 0 Å². The predicted molar refractivity (Wildman–Crippen MR) is 82.1 cm³/mol. The molecule has 0 aliphatic heterocycles. The van der Waals surface area contributed by atoms with Gasteiger partial charge in [-0.05, 0) is 65.3 Å². The zero-order chi connectivity index (χ0) is 15.2. The molecule has 0 aliphatic carbocycles. The molecule has 0 saturated heterocycles. The van der Waals surface area contributed by atoms with Crippen LogP contribution in [-0.2, 0) is 0 Å². The van der Waals surface area contributed by atoms with Crippen LogP contribution in [0.1, 0.15) is 27.6 Å². The number of esters is 1. The minimum absolute atomic E-state index is 0.385. The average molecular weight is 349 g/mol. The van der Waals surface area contributed by atoms with Crippen LogP contribution < -0.4 is 9.47 Å². The van der Waals surface area contributed by atoms with Crippen molar-refractivity contribution in [2.75, 3.05) is 6.61 Å². The largest absolute Gasteiger partial charge is 0.493 e. The Labute approximate surface area is 130 Å². The summed E-state index contributed by atoms with van der Waals surface area (Å²) in [6, 6.07) is 11.3. The molecule has 0 amide bonds. The lowest BCUT2D eigenvalue weighted by molar-refractivity contribution is 0.0734. The van der Waals surface area contributed by atoms with Crippen molar-refractivity contribution in [1.82, 2.24) is 0 Å². The highest BCUT2D eigenvalue weighted by molar-refractivity contribution is 9.10. The van der Waals surface area contributed by atoms with E-state index < -0.39 is 5.97 Å². The van der Waals surface area contributed by atoms with Crippen molar-refractivity contribution < 1.29 is 19.1 Å². The molecular formula is C16H13BrO4. The van der Waals surface area contributed by atoms with Crippen LogP contribution in [0.25, 0.3) is 0 Å². The molecule has 0 unspecified atom stereocenters. The summed E-state index contributed by atoms with van der Waals surface area (Å²) in [5.41, 5.74) is 0.934. The van der Waals surface area contributed by atoms with Gasteiger partial charge in [0.05, 0.1) is 16.6 Å². The summed E-state index contributed by atoms with van der Waals surface area (Å²) in [5.74, 6) is 0.581. The van der Waals surface area contributed by atoms with E-state index in [0.29, 0.717) is 33.7 Å². The van der Waals surface area contributed by atoms with Gasteiger partial charge in [-0.15, -0.1) is 0 Å². The van der Waals surface area contributed by atoms with E-state index in [1.54, 1.807) is 42.5 Å². The summed E-state index contributed by atoms with van der Waals surface area (Å²) >= 11 is 3.35. The van der Waals surface area contributed by atoms with E-state index in [-0.39, 0.29) is 0 Å². The van der Waals surface area contributed by atoms with Gasteiger partial charge in [-0.25, -0.2) is 4.79 Å². The van der Waals surface area contributed by atoms with E-state index in [4.69, 9.17) is 9.47 Å². The molecule has 2 aromatic carbocycles. The second-order valence-corrected chi connectivity index (χ2v) is 5.01. The van der Waals surface area contributed by atoms with Crippen molar-refractivity contribution in [3.63, 3.8) is 0 Å². The molecule has 4 nitrogen and oxygen atoms in total. The Morgan fingerprint density at radius 2 is 1.90 bits per heavy atom. The smallest absolute Gasteiger partial charge is 0.343 e. The summed E-state index contributed by atoms with van der Waals surface area (Å²) in [7, 11) is 0. The fraction of sp³-hybridized carbons (Fsp3) is 0.125. The van der Waals surface area contributed by atoms with Crippen molar-refractivity contribution >= 4 is 28.2 Å². The summed E-state index contributed by atoms with van der Waals surface area (Å²) in [4.78, 5) is 22.6. The summed E-state index contributed by atoms with van der Waals surface area (Å²) < 4.78 is 11.3. The molecule has 5 heteroatoms. The second kappa shape index (κ2) is 7.04. The van der Waals surface area contributed by atoms with Gasteiger partial charge in [0.1, 0.15) is 17.8 Å². The first-order chi connectivity index (χ1) is 10.1. The fourth-order valence-corrected chi connectivity index (χ4v) is 2.17. The van der Waals surface area contributed by atoms with Gasteiger partial charge in [0.25, 0.3) is 0 Å². The third-order valence-electron chi connectivity index (χ3n) is 2.69. The van der Waals surface area contributed by atoms with Crippen LogP contribution in [0.5, 0.6) is 11.5 Å². The predicted octanol–water partition coefficient (Wildman–Crippen LogP) is 3.88. The van der Waals surface area contributed by atoms with Gasteiger partial charge in [0, 0.05) is 5.56 Å². The topological polar surface area (TPSA) is 52.6 Å². The quantitative estimate of drug-likeness (QED) is 0.467. The van der Waals surface area contributed by atoms with Crippen LogP contribution in [0, 0.1) is 0 Å². The molecule has 0 radical (unpaired) electrons. The summed E-state index contributed by atoms with van der Waals surface area (Å²) in [6.45, 7) is 2.43. The minimum Gasteiger partial charge on any atom is -0.493 e. The SMILES string of the molecule is CCOc1ccc(C(=O)Oc2ccc(C=O)cc2)cc1Br. The van der Waals surface area contributed by atoms with Gasteiger partial charge in [-0.3, -0.25) is 4.79 Å². The maximum atomic E-state index is 12.0. The van der Waals surface area contributed by atoms with Crippen LogP contribution in [0.3, 0.4) is 0 Å². The lowest BCUT2D eigenvalue weighted by Crippen LogP contribution is -2.08. The Bertz CT molecular complexity index is 650. The highest BCUT2D eigenvalue weighted by atomic mass is 79.9. The van der Waals surface area contributed by atoms with E-state index in [2.05, 4.69) is 15.9 Å². The van der Waals surface area contributed by atoms with Crippen LogP contribution in [-0.4, -0.2) is 18.9 Å². The minimum atomic E-state index is -0.474. The number of hydrogen-bond acceptors (Lipinski definition) is 4. The zero-order valence-electron chi connectivity index (χ0n) is 11.3. The maximum Gasteiger partial charge on any atom is 0.343 e. The second-order valence-electron chi connectivity index (χ2n) is 4.15. The maximum absolute atomic E-state index is 12.0. The summed E-state index contributed by atoms with van der Waals surface area (Å²) in [6.07, 6.45) is 0.731. The van der Waals surface area contributed by atoms with Gasteiger partial charge in [-0.2, -0.15) is 0 Å². The number of carbonyl (C=O) groups is 2. The molecule has 0 fully saturated rings. The van der Waals surface area contributed by atoms with E-state index in [1.807, 2.05) is 6.92 Å². The normalized spacial score (nSPS) is 10.0. The van der Waals surface area contributed by atoms with Crippen LogP contribution >= 0.6 is 15.9 Å². The fourth-order valence-electron chi connectivity index (χ4n) is 1.68. The van der Waals surface area contributed by atoms with E-state index >= 15 is 0 Å². The number of aldehydes is 1. The molecule has 108 valence electrons. The van der Waals surface area contributed by atoms with Crippen LogP contribution in [0.15, 0.2) is 46.9 Å². The molecule has 0 bridgehead atoms. The van der Waals surface area contributed by atoms with Crippen LogP contribution in [0.4, 0.5) is 0 Å². The Kier molecular flexibility index (Phi) is 5.11. The van der Waals surface area contributed by atoms with Gasteiger partial charge in [0.2, 0.25) is 0 Å². The first-order valence-electron chi connectivity index (χ1n) is 6.34. The van der Waals surface area contributed by atoms with Gasteiger partial charge >= 0.3 is 5.97 Å². The van der Waals surface area contributed by atoms with Crippen molar-refractivity contribution in [3.8, 4) is 11.5 Å². The Morgan fingerprint density at radius 1 is 1.19 bits per heavy atom. The number of hydrogen-bond donors (Lipinski definition) is 0. The van der Waals surface area contributed by atoms with E-state index in [1.165, 1.54) is 0 Å². The molecular weight excluding hydrogens is 336 g/mol. The lowest BCUT2D eigenvalue weighted by Gasteiger charge is -2.08. The van der Waals surface area contributed by atoms with Gasteiger partial charge in [-0.1, -0.05) is 0 Å². The van der Waals surface area contributed by atoms with E-state index in [0.717, 1.165) is 6.29 Å². The van der Waals surface area contributed by atoms with Crippen molar-refractivity contribution in [3.05, 3.63) is 58.1 Å². The van der Waals surface area contributed by atoms with Crippen molar-refractivity contribution in [2.45, 2.75) is 6.92 Å². The third kappa shape index (κ3) is 3.92. The lowest BCUT2D eigenvalue weighted by atomic mass is 10.2. The number of benzene rings is 2. The van der Waals surface area contributed by atoms with Crippen molar-refractivity contribution in [2.24, 2.45) is 0 Å². The summed E-state index contributed by atoms with van der Waals surface area (Å²) in [5, 5.41) is 0. The molecule has 21 heavy (non-hydrogen) atoms. The molecule has 0 saturated carbocycles. The number of ether oxygens (including phenoxy) is 2. The number of carbonyl (C=O) groups excluding carboxylic acids is 2. The molecule has 0 atom stereocenters. The average Bonchev–Trinajstić information content (AvgIpc) is 2.50. The Hall–Kier alpha value is -2.14. The molecule has 0 spiro atoms. The first-order valence-corrected chi connectivity index (χ1v) is 7.13. The van der Waals surface area contributed by atoms with Crippen LogP contribution in [0.2, 0.25) is 0 Å². The standard InChI is InChI=1S/C16H13BrO4/c1-2-20-15-8-5-12(9-14(15)17)16(19)21-13-6-3-11(10-18)4-7-13/h3-10H,2H2,1H3. The third-order valence-corrected chi connectivity index (χ3v) is 3.31. The molecule has 2 rings (SSSR count). The molecule has 0 aromatic heterocycles. The first kappa shape index (κ1) is 15.3. The Morgan fingerprint density at radius 3 is 2.48 bits per heavy atom. The highest BCUT2D eigenvalue weighted by Gasteiger charge is 2.11.